The van der Waals surface area contributed by atoms with E-state index in [9.17, 15) is 31.2 Å². The zero-order valence-electron chi connectivity index (χ0n) is 24.8. The van der Waals surface area contributed by atoms with Gasteiger partial charge in [-0.05, 0) is 42.2 Å². The lowest BCUT2D eigenvalue weighted by Gasteiger charge is -2.39. The topological polar surface area (TPSA) is 106 Å². The minimum Gasteiger partial charge on any atom is -0.351 e. The van der Waals surface area contributed by atoms with Crippen molar-refractivity contribution in [2.24, 2.45) is 5.41 Å². The van der Waals surface area contributed by atoms with Crippen molar-refractivity contribution in [2.45, 2.75) is 56.4 Å². The van der Waals surface area contributed by atoms with E-state index in [1.807, 2.05) is 45.0 Å². The number of nitrogens with one attached hydrogen (secondary N) is 2. The van der Waals surface area contributed by atoms with Gasteiger partial charge in [0.25, 0.3) is 5.91 Å². The summed E-state index contributed by atoms with van der Waals surface area (Å²) < 4.78 is 66.8. The highest BCUT2D eigenvalue weighted by Gasteiger charge is 2.48. The quantitative estimate of drug-likeness (QED) is 0.370. The maximum absolute atomic E-state index is 13.8. The molecule has 2 bridgehead atoms. The summed E-state index contributed by atoms with van der Waals surface area (Å²) in [4.78, 5) is 33.4. The molecular formula is C30H35ClF3N5O4S. The third-order valence-corrected chi connectivity index (χ3v) is 10.8. The second-order valence-corrected chi connectivity index (χ2v) is 15.0. The van der Waals surface area contributed by atoms with Crippen LogP contribution in [0.5, 0.6) is 0 Å². The zero-order valence-corrected chi connectivity index (χ0v) is 26.4. The van der Waals surface area contributed by atoms with Crippen molar-refractivity contribution in [1.29, 1.82) is 0 Å². The number of likely N-dealkylation sites (tertiary alicyclic amines) is 2. The number of nitrogens with zero attached hydrogens (tertiary/aromatic N) is 3. The standard InChI is InChI=1S/C30H35ClF3N5O4S/c1-29(2,3)26(36-27(40)24-13-18-7-5-6-8-23(18)35-24)28(41)39-17-20-15-21(39)16-38(20)12-11-37(4)44(42,43)25-14-19(30(32,33)34)9-10-22(25)31/h5-10,13-14,20-21,26,35H,11-12,15-17H2,1-4H3,(H,36,40)/t20-,21-,26+/m0/s1. The number of para-hydroxylation sites is 1. The van der Waals surface area contributed by atoms with E-state index in [4.69, 9.17) is 11.6 Å². The number of hydrogen-bond acceptors (Lipinski definition) is 5. The molecule has 2 amide bonds. The highest BCUT2D eigenvalue weighted by molar-refractivity contribution is 7.89. The normalized spacial score (nSPS) is 20.1. The van der Waals surface area contributed by atoms with Crippen LogP contribution in [0.25, 0.3) is 10.9 Å². The minimum atomic E-state index is -4.71. The van der Waals surface area contributed by atoms with Gasteiger partial charge in [0.05, 0.1) is 10.6 Å². The van der Waals surface area contributed by atoms with Crippen LogP contribution in [0.1, 0.15) is 43.2 Å². The Morgan fingerprint density at radius 2 is 1.80 bits per heavy atom. The molecule has 2 fully saturated rings. The molecule has 238 valence electrons. The van der Waals surface area contributed by atoms with E-state index in [0.29, 0.717) is 37.8 Å². The Balaban J connectivity index is 1.21. The third kappa shape index (κ3) is 6.33. The number of halogens is 4. The van der Waals surface area contributed by atoms with Crippen LogP contribution in [0, 0.1) is 5.41 Å². The number of carbonyl (C=O) groups is 2. The van der Waals surface area contributed by atoms with Crippen molar-refractivity contribution >= 4 is 44.3 Å². The number of H-pyrrole nitrogens is 1. The van der Waals surface area contributed by atoms with Gasteiger partial charge in [0.2, 0.25) is 15.9 Å². The molecule has 2 aromatic carbocycles. The number of likely N-dealkylation sites (N-methyl/N-ethyl adjacent to an activating group) is 1. The van der Waals surface area contributed by atoms with Crippen LogP contribution in [0.2, 0.25) is 5.02 Å². The van der Waals surface area contributed by atoms with Gasteiger partial charge in [-0.1, -0.05) is 50.6 Å². The van der Waals surface area contributed by atoms with Crippen molar-refractivity contribution < 1.29 is 31.2 Å². The summed E-state index contributed by atoms with van der Waals surface area (Å²) in [6.07, 6.45) is -4.01. The van der Waals surface area contributed by atoms with E-state index in [1.54, 1.807) is 11.0 Å². The number of alkyl halides is 3. The maximum atomic E-state index is 13.8. The fourth-order valence-corrected chi connectivity index (χ4v) is 7.61. The van der Waals surface area contributed by atoms with Crippen LogP contribution in [0.4, 0.5) is 13.2 Å². The molecule has 0 aliphatic carbocycles. The summed E-state index contributed by atoms with van der Waals surface area (Å²) in [7, 11) is -2.98. The number of fused-ring (bicyclic) bond motifs is 3. The number of hydrogen-bond donors (Lipinski definition) is 2. The molecule has 0 radical (unpaired) electrons. The zero-order chi connectivity index (χ0) is 32.2. The van der Waals surface area contributed by atoms with E-state index in [1.165, 1.54) is 7.05 Å². The molecule has 2 saturated heterocycles. The average Bonchev–Trinajstić information content (AvgIpc) is 3.67. The van der Waals surface area contributed by atoms with Gasteiger partial charge in [0, 0.05) is 56.2 Å². The van der Waals surface area contributed by atoms with E-state index >= 15 is 0 Å². The van der Waals surface area contributed by atoms with E-state index in [2.05, 4.69) is 15.2 Å². The van der Waals surface area contributed by atoms with Gasteiger partial charge in [-0.15, -0.1) is 0 Å². The largest absolute Gasteiger partial charge is 0.416 e. The first-order chi connectivity index (χ1) is 20.5. The second-order valence-electron chi connectivity index (χ2n) is 12.5. The highest BCUT2D eigenvalue weighted by Crippen LogP contribution is 2.35. The Labute approximate surface area is 259 Å². The number of aromatic amines is 1. The van der Waals surface area contributed by atoms with Crippen LogP contribution in [0.3, 0.4) is 0 Å². The molecule has 0 saturated carbocycles. The van der Waals surface area contributed by atoms with E-state index < -0.39 is 38.1 Å². The Bertz CT molecular complexity index is 1650. The van der Waals surface area contributed by atoms with Crippen LogP contribution < -0.4 is 5.32 Å². The van der Waals surface area contributed by atoms with Crippen LogP contribution >= 0.6 is 11.6 Å². The molecule has 2 aliphatic rings. The van der Waals surface area contributed by atoms with Crippen molar-refractivity contribution in [2.75, 3.05) is 33.2 Å². The molecule has 5 rings (SSSR count). The lowest BCUT2D eigenvalue weighted by atomic mass is 9.85. The van der Waals surface area contributed by atoms with Crippen LogP contribution in [0.15, 0.2) is 53.4 Å². The van der Waals surface area contributed by atoms with E-state index in [0.717, 1.165) is 27.3 Å². The number of carbonyl (C=O) groups excluding carboxylic acids is 2. The van der Waals surface area contributed by atoms with Gasteiger partial charge < -0.3 is 15.2 Å². The summed E-state index contributed by atoms with van der Waals surface area (Å²) in [6.45, 7) is 6.99. The average molecular weight is 654 g/mol. The lowest BCUT2D eigenvalue weighted by molar-refractivity contribution is -0.138. The van der Waals surface area contributed by atoms with Gasteiger partial charge >= 0.3 is 6.18 Å². The Hall–Kier alpha value is -3.13. The van der Waals surface area contributed by atoms with Gasteiger partial charge in [0.1, 0.15) is 16.6 Å². The molecule has 3 aromatic rings. The monoisotopic (exact) mass is 653 g/mol. The molecule has 1 aromatic heterocycles. The third-order valence-electron chi connectivity index (χ3n) is 8.45. The number of rotatable bonds is 8. The minimum absolute atomic E-state index is 0.0118. The van der Waals surface area contributed by atoms with Crippen molar-refractivity contribution in [1.82, 2.24) is 24.4 Å². The molecule has 2 aliphatic heterocycles. The molecule has 3 atom stereocenters. The lowest BCUT2D eigenvalue weighted by Crippen LogP contribution is -2.59. The summed E-state index contributed by atoms with van der Waals surface area (Å²) in [5.74, 6) is -0.543. The second kappa shape index (κ2) is 11.7. The molecule has 2 N–H and O–H groups in total. The van der Waals surface area contributed by atoms with Gasteiger partial charge in [-0.25, -0.2) is 8.42 Å². The molecule has 44 heavy (non-hydrogen) atoms. The summed E-state index contributed by atoms with van der Waals surface area (Å²) in [5.41, 5.74) is -0.471. The molecule has 14 heteroatoms. The summed E-state index contributed by atoms with van der Waals surface area (Å²) in [6, 6.07) is 10.6. The van der Waals surface area contributed by atoms with Crippen molar-refractivity contribution in [3.63, 3.8) is 0 Å². The van der Waals surface area contributed by atoms with Gasteiger partial charge in [0.15, 0.2) is 0 Å². The highest BCUT2D eigenvalue weighted by atomic mass is 35.5. The maximum Gasteiger partial charge on any atom is 0.416 e. The SMILES string of the molecule is CN(CCN1C[C@@H]2C[C@H]1CN2C(=O)[C@@H](NC(=O)c1cc2ccccc2[nH]1)C(C)(C)C)S(=O)(=O)c1cc(C(F)(F)F)ccc1Cl. The van der Waals surface area contributed by atoms with Gasteiger partial charge in [-0.3, -0.25) is 14.5 Å². The van der Waals surface area contributed by atoms with Crippen molar-refractivity contribution in [3.8, 4) is 0 Å². The fourth-order valence-electron chi connectivity index (χ4n) is 5.95. The molecular weight excluding hydrogens is 619 g/mol. The van der Waals surface area contributed by atoms with Crippen LogP contribution in [-0.2, 0) is 21.0 Å². The van der Waals surface area contributed by atoms with Crippen molar-refractivity contribution in [3.05, 3.63) is 64.8 Å². The number of benzene rings is 2. The van der Waals surface area contributed by atoms with E-state index in [-0.39, 0.29) is 35.5 Å². The first-order valence-electron chi connectivity index (χ1n) is 14.2. The first-order valence-corrected chi connectivity index (χ1v) is 16.0. The van der Waals surface area contributed by atoms with Gasteiger partial charge in [-0.2, -0.15) is 17.5 Å². The molecule has 0 spiro atoms. The number of aromatic nitrogens is 1. The predicted molar refractivity (Wildman–Crippen MR) is 161 cm³/mol. The Morgan fingerprint density at radius 3 is 2.41 bits per heavy atom. The Kier molecular flexibility index (Phi) is 8.55. The molecule has 0 unspecified atom stereocenters. The molecule has 9 nitrogen and oxygen atoms in total. The number of piperazine rings is 1. The smallest absolute Gasteiger partial charge is 0.351 e. The number of sulfonamides is 1. The first kappa shape index (κ1) is 32.3. The number of amides is 2. The Morgan fingerprint density at radius 1 is 1.09 bits per heavy atom. The molecule has 3 heterocycles. The van der Waals surface area contributed by atoms with Crippen LogP contribution in [-0.4, -0.2) is 90.7 Å². The summed E-state index contributed by atoms with van der Waals surface area (Å²) in [5, 5.41) is 3.55. The predicted octanol–water partition coefficient (Wildman–Crippen LogP) is 4.59. The fraction of sp³-hybridized carbons (Fsp3) is 0.467. The summed E-state index contributed by atoms with van der Waals surface area (Å²) >= 11 is 5.99.